The van der Waals surface area contributed by atoms with Crippen LogP contribution in [-0.2, 0) is 4.79 Å². The third-order valence-corrected chi connectivity index (χ3v) is 3.20. The first-order valence-corrected chi connectivity index (χ1v) is 6.65. The van der Waals surface area contributed by atoms with E-state index >= 15 is 0 Å². The zero-order chi connectivity index (χ0) is 13.7. The van der Waals surface area contributed by atoms with Crippen LogP contribution in [0.15, 0.2) is 18.2 Å². The summed E-state index contributed by atoms with van der Waals surface area (Å²) in [5.41, 5.74) is 6.46. The fraction of sp³-hybridized carbons (Fsp3) is 0.462. The number of hydrogen-bond donors (Lipinski definition) is 2. The first-order valence-electron chi connectivity index (χ1n) is 5.90. The number of carbonyl (C=O) groups excluding carboxylic acids is 1. The van der Waals surface area contributed by atoms with Gasteiger partial charge in [-0.25, -0.2) is 0 Å². The van der Waals surface area contributed by atoms with Crippen molar-refractivity contribution in [3.63, 3.8) is 0 Å². The molecule has 5 heteroatoms. The molecule has 1 rings (SSSR count). The maximum atomic E-state index is 11.7. The van der Waals surface area contributed by atoms with Gasteiger partial charge in [0.1, 0.15) is 0 Å². The molecule has 2 unspecified atom stereocenters. The summed E-state index contributed by atoms with van der Waals surface area (Å²) in [4.78, 5) is 11.7. The lowest BCUT2D eigenvalue weighted by molar-refractivity contribution is -0.121. The average Bonchev–Trinajstić information content (AvgIpc) is 2.26. The molecule has 0 fully saturated rings. The highest BCUT2D eigenvalue weighted by Gasteiger charge is 2.13. The van der Waals surface area contributed by atoms with Gasteiger partial charge in [-0.3, -0.25) is 4.79 Å². The number of rotatable bonds is 5. The maximum absolute atomic E-state index is 11.7. The average molecular weight is 289 g/mol. The first kappa shape index (κ1) is 15.3. The largest absolute Gasteiger partial charge is 0.350 e. The monoisotopic (exact) mass is 288 g/mol. The summed E-state index contributed by atoms with van der Waals surface area (Å²) in [5, 5.41) is 4.03. The quantitative estimate of drug-likeness (QED) is 0.873. The third-order valence-electron chi connectivity index (χ3n) is 2.63. The summed E-state index contributed by atoms with van der Waals surface area (Å²) in [5.74, 6) is -0.0224. The van der Waals surface area contributed by atoms with Crippen LogP contribution in [0.2, 0.25) is 10.0 Å². The highest BCUT2D eigenvalue weighted by atomic mass is 35.5. The second-order valence-corrected chi connectivity index (χ2v) is 5.31. The standard InChI is InChI=1S/C13H18Cl2N2O/c1-8(16)3-6-13(18)17-9(2)11-5-4-10(14)7-12(11)15/h4-5,7-9H,3,6,16H2,1-2H3,(H,17,18). The molecule has 100 valence electrons. The smallest absolute Gasteiger partial charge is 0.220 e. The highest BCUT2D eigenvalue weighted by Crippen LogP contribution is 2.26. The van der Waals surface area contributed by atoms with Crippen LogP contribution in [0.5, 0.6) is 0 Å². The van der Waals surface area contributed by atoms with E-state index in [-0.39, 0.29) is 18.0 Å². The van der Waals surface area contributed by atoms with E-state index < -0.39 is 0 Å². The molecule has 0 radical (unpaired) electrons. The summed E-state index contributed by atoms with van der Waals surface area (Å²) in [7, 11) is 0. The normalized spacial score (nSPS) is 14.1. The number of amides is 1. The minimum absolute atomic E-state index is 0.0224. The molecule has 0 saturated carbocycles. The predicted molar refractivity (Wildman–Crippen MR) is 75.9 cm³/mol. The van der Waals surface area contributed by atoms with E-state index in [1.165, 1.54) is 0 Å². The van der Waals surface area contributed by atoms with Gasteiger partial charge in [0.05, 0.1) is 6.04 Å². The lowest BCUT2D eigenvalue weighted by Crippen LogP contribution is -2.28. The van der Waals surface area contributed by atoms with E-state index in [9.17, 15) is 4.79 Å². The Morgan fingerprint density at radius 2 is 2.06 bits per heavy atom. The first-order chi connectivity index (χ1) is 8.40. The van der Waals surface area contributed by atoms with Crippen LogP contribution >= 0.6 is 23.2 Å². The summed E-state index contributed by atoms with van der Waals surface area (Å²) < 4.78 is 0. The molecule has 1 amide bonds. The number of halogens is 2. The molecule has 0 aromatic heterocycles. The van der Waals surface area contributed by atoms with Crippen molar-refractivity contribution in [1.82, 2.24) is 5.32 Å². The number of nitrogens with two attached hydrogens (primary N) is 1. The molecule has 3 N–H and O–H groups in total. The van der Waals surface area contributed by atoms with Gasteiger partial charge < -0.3 is 11.1 Å². The van der Waals surface area contributed by atoms with E-state index in [2.05, 4.69) is 5.32 Å². The molecule has 1 aromatic rings. The Balaban J connectivity index is 2.59. The molecular weight excluding hydrogens is 271 g/mol. The number of nitrogens with one attached hydrogen (secondary N) is 1. The molecule has 2 atom stereocenters. The molecule has 0 aliphatic rings. The SMILES string of the molecule is CC(N)CCC(=O)NC(C)c1ccc(Cl)cc1Cl. The van der Waals surface area contributed by atoms with E-state index in [0.717, 1.165) is 5.56 Å². The van der Waals surface area contributed by atoms with Crippen molar-refractivity contribution in [3.8, 4) is 0 Å². The van der Waals surface area contributed by atoms with Gasteiger partial charge in [-0.1, -0.05) is 29.3 Å². The zero-order valence-corrected chi connectivity index (χ0v) is 12.1. The van der Waals surface area contributed by atoms with Gasteiger partial charge in [0, 0.05) is 22.5 Å². The minimum Gasteiger partial charge on any atom is -0.350 e. The van der Waals surface area contributed by atoms with Crippen molar-refractivity contribution < 1.29 is 4.79 Å². The Labute approximate surface area is 118 Å². The minimum atomic E-state index is -0.143. The van der Waals surface area contributed by atoms with Crippen molar-refractivity contribution >= 4 is 29.1 Å². The molecule has 18 heavy (non-hydrogen) atoms. The van der Waals surface area contributed by atoms with Crippen molar-refractivity contribution in [1.29, 1.82) is 0 Å². The van der Waals surface area contributed by atoms with Crippen LogP contribution < -0.4 is 11.1 Å². The van der Waals surface area contributed by atoms with Gasteiger partial charge >= 0.3 is 0 Å². The van der Waals surface area contributed by atoms with Crippen LogP contribution in [0.25, 0.3) is 0 Å². The Kier molecular flexibility index (Phi) is 5.93. The highest BCUT2D eigenvalue weighted by molar-refractivity contribution is 6.35. The fourth-order valence-electron chi connectivity index (χ4n) is 1.60. The Bertz CT molecular complexity index is 421. The summed E-state index contributed by atoms with van der Waals surface area (Å²) in [6.45, 7) is 3.77. The summed E-state index contributed by atoms with van der Waals surface area (Å²) >= 11 is 11.9. The van der Waals surface area contributed by atoms with Crippen molar-refractivity contribution in [2.75, 3.05) is 0 Å². The van der Waals surface area contributed by atoms with Gasteiger partial charge in [-0.05, 0) is 38.0 Å². The topological polar surface area (TPSA) is 55.1 Å². The van der Waals surface area contributed by atoms with Crippen LogP contribution in [0.4, 0.5) is 0 Å². The van der Waals surface area contributed by atoms with Gasteiger partial charge in [0.2, 0.25) is 5.91 Å². The molecule has 0 heterocycles. The number of carbonyl (C=O) groups is 1. The Morgan fingerprint density at radius 1 is 1.39 bits per heavy atom. The van der Waals surface area contributed by atoms with Crippen LogP contribution in [-0.4, -0.2) is 11.9 Å². The lowest BCUT2D eigenvalue weighted by atomic mass is 10.1. The molecule has 0 aliphatic carbocycles. The summed E-state index contributed by atoms with van der Waals surface area (Å²) in [6, 6.07) is 5.14. The molecule has 0 spiro atoms. The van der Waals surface area contributed by atoms with Crippen LogP contribution in [0.3, 0.4) is 0 Å². The molecule has 3 nitrogen and oxygen atoms in total. The predicted octanol–water partition coefficient (Wildman–Crippen LogP) is 3.30. The van der Waals surface area contributed by atoms with Crippen LogP contribution in [0.1, 0.15) is 38.3 Å². The van der Waals surface area contributed by atoms with Gasteiger partial charge in [-0.15, -0.1) is 0 Å². The van der Waals surface area contributed by atoms with Crippen molar-refractivity contribution in [2.24, 2.45) is 5.73 Å². The van der Waals surface area contributed by atoms with E-state index in [1.54, 1.807) is 12.1 Å². The van der Waals surface area contributed by atoms with E-state index in [1.807, 2.05) is 19.9 Å². The third kappa shape index (κ3) is 4.84. The lowest BCUT2D eigenvalue weighted by Gasteiger charge is -2.16. The van der Waals surface area contributed by atoms with Crippen LogP contribution in [0, 0.1) is 0 Å². The summed E-state index contributed by atoms with van der Waals surface area (Å²) in [6.07, 6.45) is 1.10. The van der Waals surface area contributed by atoms with E-state index in [0.29, 0.717) is 22.9 Å². The molecule has 1 aromatic carbocycles. The Hall–Kier alpha value is -0.770. The van der Waals surface area contributed by atoms with Crippen molar-refractivity contribution in [3.05, 3.63) is 33.8 Å². The van der Waals surface area contributed by atoms with E-state index in [4.69, 9.17) is 28.9 Å². The zero-order valence-electron chi connectivity index (χ0n) is 10.5. The van der Waals surface area contributed by atoms with Gasteiger partial charge in [0.25, 0.3) is 0 Å². The fourth-order valence-corrected chi connectivity index (χ4v) is 2.17. The maximum Gasteiger partial charge on any atom is 0.220 e. The number of benzene rings is 1. The molecular formula is C13H18Cl2N2O. The second-order valence-electron chi connectivity index (χ2n) is 4.47. The Morgan fingerprint density at radius 3 is 2.61 bits per heavy atom. The van der Waals surface area contributed by atoms with Gasteiger partial charge in [-0.2, -0.15) is 0 Å². The molecule has 0 bridgehead atoms. The second kappa shape index (κ2) is 6.98. The van der Waals surface area contributed by atoms with Crippen molar-refractivity contribution in [2.45, 2.75) is 38.8 Å². The molecule has 0 aliphatic heterocycles. The number of hydrogen-bond acceptors (Lipinski definition) is 2. The van der Waals surface area contributed by atoms with Gasteiger partial charge in [0.15, 0.2) is 0 Å². The molecule has 0 saturated heterocycles.